The van der Waals surface area contributed by atoms with Gasteiger partial charge in [-0.05, 0) is 37.1 Å². The van der Waals surface area contributed by atoms with Crippen molar-refractivity contribution in [2.75, 3.05) is 13.1 Å². The van der Waals surface area contributed by atoms with Crippen LogP contribution in [0.2, 0.25) is 0 Å². The van der Waals surface area contributed by atoms with E-state index in [-0.39, 0.29) is 11.8 Å². The molecule has 102 valence electrons. The number of rotatable bonds is 8. The van der Waals surface area contributed by atoms with Crippen LogP contribution in [0, 0.1) is 23.7 Å². The third kappa shape index (κ3) is 6.67. The molecule has 0 spiro atoms. The lowest BCUT2D eigenvalue weighted by Gasteiger charge is -2.25. The molecule has 0 saturated carbocycles. The molecule has 0 aromatic heterocycles. The van der Waals surface area contributed by atoms with Crippen LogP contribution in [-0.4, -0.2) is 19.0 Å². The molecule has 0 aliphatic rings. The summed E-state index contributed by atoms with van der Waals surface area (Å²) in [6.07, 6.45) is 1.81. The predicted molar refractivity (Wildman–Crippen MR) is 73.6 cm³/mol. The molecule has 1 unspecified atom stereocenters. The molecule has 0 radical (unpaired) electrons. The standard InChI is InChI=1S/C14H30N2O/c1-10(2)13(11(3)4)9-16-14(17)12(5)7-6-8-15/h10-13H,6-9,15H2,1-5H3,(H,16,17). The van der Waals surface area contributed by atoms with Crippen LogP contribution < -0.4 is 11.1 Å². The minimum atomic E-state index is 0.0820. The van der Waals surface area contributed by atoms with E-state index in [1.165, 1.54) is 0 Å². The molecule has 0 heterocycles. The number of hydrogen-bond donors (Lipinski definition) is 2. The Morgan fingerprint density at radius 1 is 1.12 bits per heavy atom. The average Bonchev–Trinajstić information content (AvgIpc) is 2.24. The Morgan fingerprint density at radius 3 is 2.06 bits per heavy atom. The monoisotopic (exact) mass is 242 g/mol. The van der Waals surface area contributed by atoms with E-state index < -0.39 is 0 Å². The highest BCUT2D eigenvalue weighted by atomic mass is 16.1. The Bertz CT molecular complexity index is 206. The van der Waals surface area contributed by atoms with Crippen molar-refractivity contribution in [1.29, 1.82) is 0 Å². The summed E-state index contributed by atoms with van der Waals surface area (Å²) in [5.41, 5.74) is 5.45. The predicted octanol–water partition coefficient (Wildman–Crippen LogP) is 2.41. The summed E-state index contributed by atoms with van der Waals surface area (Å²) in [6.45, 7) is 12.3. The van der Waals surface area contributed by atoms with Crippen LogP contribution in [0.3, 0.4) is 0 Å². The van der Waals surface area contributed by atoms with Gasteiger partial charge < -0.3 is 11.1 Å². The van der Waals surface area contributed by atoms with Crippen LogP contribution in [0.1, 0.15) is 47.5 Å². The zero-order chi connectivity index (χ0) is 13.4. The number of nitrogens with two attached hydrogens (primary N) is 1. The SMILES string of the molecule is CC(CCCN)C(=O)NCC(C(C)C)C(C)C. The molecule has 0 aromatic carbocycles. The first-order valence-corrected chi connectivity index (χ1v) is 6.87. The fraction of sp³-hybridized carbons (Fsp3) is 0.929. The summed E-state index contributed by atoms with van der Waals surface area (Å²) >= 11 is 0. The van der Waals surface area contributed by atoms with Gasteiger partial charge in [-0.15, -0.1) is 0 Å². The van der Waals surface area contributed by atoms with Gasteiger partial charge in [0, 0.05) is 12.5 Å². The fourth-order valence-corrected chi connectivity index (χ4v) is 2.19. The van der Waals surface area contributed by atoms with Crippen LogP contribution in [0.15, 0.2) is 0 Å². The van der Waals surface area contributed by atoms with Crippen LogP contribution >= 0.6 is 0 Å². The molecule has 0 saturated heterocycles. The molecule has 3 heteroatoms. The number of amides is 1. The van der Waals surface area contributed by atoms with Crippen LogP contribution in [0.25, 0.3) is 0 Å². The van der Waals surface area contributed by atoms with Crippen molar-refractivity contribution in [3.05, 3.63) is 0 Å². The highest BCUT2D eigenvalue weighted by Crippen LogP contribution is 2.19. The molecule has 17 heavy (non-hydrogen) atoms. The summed E-state index contributed by atoms with van der Waals surface area (Å²) in [6, 6.07) is 0. The van der Waals surface area contributed by atoms with Crippen molar-refractivity contribution in [3.8, 4) is 0 Å². The summed E-state index contributed by atoms with van der Waals surface area (Å²) in [4.78, 5) is 11.8. The largest absolute Gasteiger partial charge is 0.356 e. The maximum atomic E-state index is 11.8. The second-order valence-corrected chi connectivity index (χ2v) is 5.73. The van der Waals surface area contributed by atoms with E-state index in [1.807, 2.05) is 6.92 Å². The Hall–Kier alpha value is -0.570. The van der Waals surface area contributed by atoms with Crippen molar-refractivity contribution >= 4 is 5.91 Å². The average molecular weight is 242 g/mol. The summed E-state index contributed by atoms with van der Waals surface area (Å²) in [5, 5.41) is 3.07. The topological polar surface area (TPSA) is 55.1 Å². The molecule has 0 aliphatic carbocycles. The summed E-state index contributed by atoms with van der Waals surface area (Å²) < 4.78 is 0. The van der Waals surface area contributed by atoms with E-state index in [4.69, 9.17) is 5.73 Å². The quantitative estimate of drug-likeness (QED) is 0.687. The van der Waals surface area contributed by atoms with Crippen molar-refractivity contribution in [3.63, 3.8) is 0 Å². The molecule has 3 N–H and O–H groups in total. The maximum absolute atomic E-state index is 11.8. The minimum Gasteiger partial charge on any atom is -0.356 e. The van der Waals surface area contributed by atoms with Gasteiger partial charge in [0.05, 0.1) is 0 Å². The molecule has 0 aromatic rings. The molecule has 3 nitrogen and oxygen atoms in total. The maximum Gasteiger partial charge on any atom is 0.222 e. The molecular weight excluding hydrogens is 212 g/mol. The van der Waals surface area contributed by atoms with Crippen molar-refractivity contribution in [2.24, 2.45) is 29.4 Å². The number of carbonyl (C=O) groups is 1. The smallest absolute Gasteiger partial charge is 0.222 e. The number of nitrogens with one attached hydrogen (secondary N) is 1. The first kappa shape index (κ1) is 16.4. The minimum absolute atomic E-state index is 0.0820. The van der Waals surface area contributed by atoms with Gasteiger partial charge in [0.2, 0.25) is 5.91 Å². The molecule has 1 atom stereocenters. The first-order chi connectivity index (χ1) is 7.90. The normalized spacial score (nSPS) is 13.5. The van der Waals surface area contributed by atoms with Gasteiger partial charge in [-0.2, -0.15) is 0 Å². The van der Waals surface area contributed by atoms with Crippen LogP contribution in [0.4, 0.5) is 0 Å². The second kappa shape index (κ2) is 8.51. The molecule has 0 bridgehead atoms. The lowest BCUT2D eigenvalue weighted by molar-refractivity contribution is -0.125. The van der Waals surface area contributed by atoms with Gasteiger partial charge in [-0.1, -0.05) is 34.6 Å². The molecule has 0 rings (SSSR count). The number of hydrogen-bond acceptors (Lipinski definition) is 2. The van der Waals surface area contributed by atoms with Gasteiger partial charge in [-0.3, -0.25) is 4.79 Å². The van der Waals surface area contributed by atoms with E-state index in [2.05, 4.69) is 33.0 Å². The fourth-order valence-electron chi connectivity index (χ4n) is 2.19. The van der Waals surface area contributed by atoms with E-state index >= 15 is 0 Å². The van der Waals surface area contributed by atoms with Crippen molar-refractivity contribution in [2.45, 2.75) is 47.5 Å². The van der Waals surface area contributed by atoms with Gasteiger partial charge in [0.15, 0.2) is 0 Å². The van der Waals surface area contributed by atoms with Crippen LogP contribution in [0.5, 0.6) is 0 Å². The van der Waals surface area contributed by atoms with Crippen molar-refractivity contribution in [1.82, 2.24) is 5.32 Å². The zero-order valence-corrected chi connectivity index (χ0v) is 12.1. The second-order valence-electron chi connectivity index (χ2n) is 5.73. The van der Waals surface area contributed by atoms with E-state index in [9.17, 15) is 4.79 Å². The van der Waals surface area contributed by atoms with E-state index in [0.717, 1.165) is 19.4 Å². The highest BCUT2D eigenvalue weighted by Gasteiger charge is 2.19. The van der Waals surface area contributed by atoms with E-state index in [0.29, 0.717) is 24.3 Å². The summed E-state index contributed by atoms with van der Waals surface area (Å²) in [5.74, 6) is 2.02. The third-order valence-corrected chi connectivity index (χ3v) is 3.51. The molecular formula is C14H30N2O. The molecule has 0 fully saturated rings. The van der Waals surface area contributed by atoms with Gasteiger partial charge in [0.25, 0.3) is 0 Å². The zero-order valence-electron chi connectivity index (χ0n) is 12.1. The summed E-state index contributed by atoms with van der Waals surface area (Å²) in [7, 11) is 0. The number of carbonyl (C=O) groups excluding carboxylic acids is 1. The van der Waals surface area contributed by atoms with Crippen LogP contribution in [-0.2, 0) is 4.79 Å². The molecule has 0 aliphatic heterocycles. The third-order valence-electron chi connectivity index (χ3n) is 3.51. The Balaban J connectivity index is 4.03. The Morgan fingerprint density at radius 2 is 1.65 bits per heavy atom. The van der Waals surface area contributed by atoms with Gasteiger partial charge in [-0.25, -0.2) is 0 Å². The van der Waals surface area contributed by atoms with Gasteiger partial charge >= 0.3 is 0 Å². The lowest BCUT2D eigenvalue weighted by Crippen LogP contribution is -2.36. The Kier molecular flexibility index (Phi) is 8.23. The van der Waals surface area contributed by atoms with E-state index in [1.54, 1.807) is 0 Å². The molecule has 1 amide bonds. The van der Waals surface area contributed by atoms with Crippen molar-refractivity contribution < 1.29 is 4.79 Å². The highest BCUT2D eigenvalue weighted by molar-refractivity contribution is 5.78. The van der Waals surface area contributed by atoms with Gasteiger partial charge in [0.1, 0.15) is 0 Å². The first-order valence-electron chi connectivity index (χ1n) is 6.87. The lowest BCUT2D eigenvalue weighted by atomic mass is 9.85. The Labute approximate surface area is 107 Å².